The third-order valence-corrected chi connectivity index (χ3v) is 4.40. The summed E-state index contributed by atoms with van der Waals surface area (Å²) < 4.78 is 28.3. The van der Waals surface area contributed by atoms with E-state index in [0.717, 1.165) is 4.57 Å². The SMILES string of the molecule is C[P+](=O)OC[C@]12CO[C@H]([C@@H]1O)[C@](C#N)(n1ccc(N)nc1=O)O2. The van der Waals surface area contributed by atoms with Crippen molar-refractivity contribution in [2.45, 2.75) is 23.5 Å². The van der Waals surface area contributed by atoms with Crippen LogP contribution in [0.5, 0.6) is 0 Å². The van der Waals surface area contributed by atoms with Crippen molar-refractivity contribution in [1.29, 1.82) is 5.26 Å². The van der Waals surface area contributed by atoms with E-state index in [1.165, 1.54) is 18.9 Å². The van der Waals surface area contributed by atoms with Crippen molar-refractivity contribution in [3.8, 4) is 6.07 Å². The van der Waals surface area contributed by atoms with E-state index >= 15 is 0 Å². The summed E-state index contributed by atoms with van der Waals surface area (Å²) in [5.41, 5.74) is 1.34. The topological polar surface area (TPSA) is 150 Å². The van der Waals surface area contributed by atoms with Crippen LogP contribution in [0.15, 0.2) is 17.1 Å². The number of aliphatic hydroxyl groups is 1. The molecule has 3 heterocycles. The van der Waals surface area contributed by atoms with Crippen LogP contribution in [0.25, 0.3) is 0 Å². The van der Waals surface area contributed by atoms with Gasteiger partial charge in [0.1, 0.15) is 30.7 Å². The number of nitrogens with zero attached hydrogens (tertiary/aromatic N) is 3. The van der Waals surface area contributed by atoms with Crippen LogP contribution in [-0.4, -0.2) is 52.3 Å². The quantitative estimate of drug-likeness (QED) is 0.652. The van der Waals surface area contributed by atoms with Gasteiger partial charge in [-0.1, -0.05) is 0 Å². The number of anilines is 1. The lowest BCUT2D eigenvalue weighted by molar-refractivity contribution is -0.222. The zero-order valence-corrected chi connectivity index (χ0v) is 13.0. The molecule has 10 nitrogen and oxygen atoms in total. The van der Waals surface area contributed by atoms with Crippen molar-refractivity contribution in [3.63, 3.8) is 0 Å². The fourth-order valence-electron chi connectivity index (χ4n) is 2.82. The minimum absolute atomic E-state index is 0.00927. The van der Waals surface area contributed by atoms with E-state index in [1.54, 1.807) is 0 Å². The van der Waals surface area contributed by atoms with E-state index in [4.69, 9.17) is 19.7 Å². The number of fused-ring (bicyclic) bond motifs is 2. The van der Waals surface area contributed by atoms with Crippen LogP contribution in [0, 0.1) is 11.3 Å². The van der Waals surface area contributed by atoms with Gasteiger partial charge in [0.05, 0.1) is 6.61 Å². The van der Waals surface area contributed by atoms with Crippen molar-refractivity contribution in [2.24, 2.45) is 0 Å². The normalized spacial score (nSPS) is 36.0. The van der Waals surface area contributed by atoms with E-state index in [9.17, 15) is 19.7 Å². The zero-order chi connectivity index (χ0) is 16.8. The first-order valence-corrected chi connectivity index (χ1v) is 8.28. The van der Waals surface area contributed by atoms with Crippen LogP contribution in [0.3, 0.4) is 0 Å². The third-order valence-electron chi connectivity index (χ3n) is 3.91. The van der Waals surface area contributed by atoms with Crippen molar-refractivity contribution in [1.82, 2.24) is 9.55 Å². The molecular weight excluding hydrogens is 327 g/mol. The van der Waals surface area contributed by atoms with Crippen molar-refractivity contribution >= 4 is 13.8 Å². The van der Waals surface area contributed by atoms with Gasteiger partial charge in [-0.05, 0) is 10.6 Å². The Labute approximate surface area is 131 Å². The Morgan fingerprint density at radius 2 is 2.48 bits per heavy atom. The van der Waals surface area contributed by atoms with Crippen LogP contribution in [-0.2, 0) is 24.3 Å². The Kier molecular flexibility index (Phi) is 3.71. The summed E-state index contributed by atoms with van der Waals surface area (Å²) in [6, 6.07) is 3.20. The molecule has 0 aliphatic carbocycles. The lowest BCUT2D eigenvalue weighted by Gasteiger charge is -2.34. The highest BCUT2D eigenvalue weighted by atomic mass is 31.1. The minimum atomic E-state index is -1.93. The number of nitrogens with two attached hydrogens (primary N) is 1. The van der Waals surface area contributed by atoms with E-state index in [-0.39, 0.29) is 19.0 Å². The smallest absolute Gasteiger partial charge is 0.387 e. The molecule has 0 saturated carbocycles. The van der Waals surface area contributed by atoms with Crippen LogP contribution in [0.2, 0.25) is 0 Å². The number of hydrogen-bond acceptors (Lipinski definition) is 9. The Hall–Kier alpha value is -1.89. The highest BCUT2D eigenvalue weighted by Gasteiger charge is 2.71. The molecule has 2 aliphatic rings. The van der Waals surface area contributed by atoms with Gasteiger partial charge in [0.2, 0.25) is 0 Å². The molecule has 0 spiro atoms. The van der Waals surface area contributed by atoms with E-state index < -0.39 is 37.3 Å². The molecule has 3 rings (SSSR count). The Balaban J connectivity index is 2.04. The second kappa shape index (κ2) is 5.33. The van der Waals surface area contributed by atoms with Crippen LogP contribution < -0.4 is 11.4 Å². The number of nitriles is 1. The van der Waals surface area contributed by atoms with Gasteiger partial charge in [0.15, 0.2) is 12.3 Å². The summed E-state index contributed by atoms with van der Waals surface area (Å²) >= 11 is 0. The van der Waals surface area contributed by atoms with Gasteiger partial charge in [0, 0.05) is 6.20 Å². The maximum atomic E-state index is 12.1. The first-order chi connectivity index (χ1) is 10.8. The van der Waals surface area contributed by atoms with Crippen molar-refractivity contribution < 1.29 is 23.7 Å². The monoisotopic (exact) mass is 341 g/mol. The maximum Gasteiger partial charge on any atom is 0.504 e. The molecule has 122 valence electrons. The molecule has 3 N–H and O–H groups in total. The van der Waals surface area contributed by atoms with Gasteiger partial charge in [-0.3, -0.25) is 4.57 Å². The molecule has 1 aromatic rings. The molecule has 0 amide bonds. The molecule has 2 saturated heterocycles. The molecule has 2 aliphatic heterocycles. The second-order valence-electron chi connectivity index (χ2n) is 5.37. The summed E-state index contributed by atoms with van der Waals surface area (Å²) in [5, 5.41) is 20.0. The zero-order valence-electron chi connectivity index (χ0n) is 12.1. The summed E-state index contributed by atoms with van der Waals surface area (Å²) in [6.07, 6.45) is -1.10. The lowest BCUT2D eigenvalue weighted by atomic mass is 9.98. The molecule has 23 heavy (non-hydrogen) atoms. The van der Waals surface area contributed by atoms with Gasteiger partial charge in [0.25, 0.3) is 5.72 Å². The van der Waals surface area contributed by atoms with Gasteiger partial charge >= 0.3 is 13.7 Å². The molecule has 2 fully saturated rings. The third kappa shape index (κ3) is 2.25. The number of hydrogen-bond donors (Lipinski definition) is 2. The Morgan fingerprint density at radius 1 is 1.74 bits per heavy atom. The minimum Gasteiger partial charge on any atom is -0.387 e. The molecule has 1 unspecified atom stereocenters. The molecular formula is C12H14N4O6P+. The van der Waals surface area contributed by atoms with Crippen LogP contribution >= 0.6 is 8.03 Å². The average molecular weight is 341 g/mol. The van der Waals surface area contributed by atoms with Crippen molar-refractivity contribution in [2.75, 3.05) is 25.6 Å². The van der Waals surface area contributed by atoms with Gasteiger partial charge in [-0.2, -0.15) is 10.2 Å². The summed E-state index contributed by atoms with van der Waals surface area (Å²) in [4.78, 5) is 15.6. The first kappa shape index (κ1) is 16.0. The van der Waals surface area contributed by atoms with Gasteiger partial charge in [-0.15, -0.1) is 4.52 Å². The number of ether oxygens (including phenoxy) is 2. The molecule has 1 aromatic heterocycles. The first-order valence-electron chi connectivity index (χ1n) is 6.65. The highest BCUT2D eigenvalue weighted by molar-refractivity contribution is 7.38. The molecule has 11 heteroatoms. The van der Waals surface area contributed by atoms with E-state index in [1.807, 2.05) is 6.07 Å². The van der Waals surface area contributed by atoms with Crippen molar-refractivity contribution in [3.05, 3.63) is 22.7 Å². The van der Waals surface area contributed by atoms with Crippen LogP contribution in [0.4, 0.5) is 5.82 Å². The standard InChI is InChI=1S/C12H13N4O6P/c1-23(19)21-6-11-5-20-9(8(11)17)12(4-13,22-11)16-3-2-7(14)15-10(16)18/h2-3,8-9,17H,5-6H2,1H3,(H-,14,15,18)/p+1/t8-,9+,11+,12+/m0/s1. The summed E-state index contributed by atoms with van der Waals surface area (Å²) in [6.45, 7) is 1.06. The fourth-order valence-corrected chi connectivity index (χ4v) is 3.22. The lowest BCUT2D eigenvalue weighted by Crippen LogP contribution is -2.53. The van der Waals surface area contributed by atoms with Crippen LogP contribution in [0.1, 0.15) is 0 Å². The second-order valence-corrected chi connectivity index (χ2v) is 6.51. The van der Waals surface area contributed by atoms with Gasteiger partial charge in [-0.25, -0.2) is 4.79 Å². The molecule has 5 atom stereocenters. The number of aromatic nitrogens is 2. The Morgan fingerprint density at radius 3 is 3.09 bits per heavy atom. The van der Waals surface area contributed by atoms with E-state index in [2.05, 4.69) is 4.98 Å². The molecule has 0 radical (unpaired) electrons. The summed E-state index contributed by atoms with van der Waals surface area (Å²) in [5.74, 6) is -0.00927. The molecule has 2 bridgehead atoms. The highest BCUT2D eigenvalue weighted by Crippen LogP contribution is 2.48. The molecule has 0 aromatic carbocycles. The number of aliphatic hydroxyl groups excluding tert-OH is 1. The number of nitrogen functional groups attached to an aromatic ring is 1. The predicted octanol–water partition coefficient (Wildman–Crippen LogP) is -1.08. The largest absolute Gasteiger partial charge is 0.504 e. The predicted molar refractivity (Wildman–Crippen MR) is 75.5 cm³/mol. The fraction of sp³-hybridized carbons (Fsp3) is 0.583. The average Bonchev–Trinajstić information content (AvgIpc) is 2.94. The van der Waals surface area contributed by atoms with Gasteiger partial charge < -0.3 is 20.3 Å². The maximum absolute atomic E-state index is 12.1. The number of rotatable bonds is 4. The van der Waals surface area contributed by atoms with E-state index in [0.29, 0.717) is 0 Å². The Bertz CT molecular complexity index is 763. The summed E-state index contributed by atoms with van der Waals surface area (Å²) in [7, 11) is -1.93.